The molecule has 0 spiro atoms. The van der Waals surface area contributed by atoms with Gasteiger partial charge < -0.3 is 9.84 Å². The number of methoxy groups -OCH3 is 1. The molecule has 0 bridgehead atoms. The standard InChI is InChI=1S/C17H22N2O3/c1-12-5-7-17(21,8-6-12)10-19-11-18-15-9-13(22-2)3-4-14(15)16(19)20/h3-4,9,11-12,21H,5-8,10H2,1-2H3. The smallest absolute Gasteiger partial charge is 0.261 e. The average molecular weight is 302 g/mol. The van der Waals surface area contributed by atoms with E-state index >= 15 is 0 Å². The van der Waals surface area contributed by atoms with Crippen LogP contribution in [0.4, 0.5) is 0 Å². The van der Waals surface area contributed by atoms with Gasteiger partial charge in [0.05, 0.1) is 36.5 Å². The Balaban J connectivity index is 1.92. The predicted octanol–water partition coefficient (Wildman–Crippen LogP) is 2.35. The van der Waals surface area contributed by atoms with Crippen molar-refractivity contribution in [2.24, 2.45) is 5.92 Å². The Labute approximate surface area is 129 Å². The zero-order chi connectivity index (χ0) is 15.7. The molecule has 22 heavy (non-hydrogen) atoms. The number of fused-ring (bicyclic) bond motifs is 1. The molecular weight excluding hydrogens is 280 g/mol. The van der Waals surface area contributed by atoms with Crippen molar-refractivity contribution in [3.63, 3.8) is 0 Å². The molecule has 1 aliphatic rings. The SMILES string of the molecule is COc1ccc2c(=O)n(CC3(O)CCC(C)CC3)cnc2c1. The molecule has 1 aliphatic carbocycles. The summed E-state index contributed by atoms with van der Waals surface area (Å²) >= 11 is 0. The summed E-state index contributed by atoms with van der Waals surface area (Å²) in [5, 5.41) is 11.3. The molecule has 1 aromatic carbocycles. The van der Waals surface area contributed by atoms with Gasteiger partial charge in [0, 0.05) is 6.07 Å². The summed E-state index contributed by atoms with van der Waals surface area (Å²) in [7, 11) is 1.59. The molecule has 0 radical (unpaired) electrons. The van der Waals surface area contributed by atoms with E-state index in [1.807, 2.05) is 0 Å². The van der Waals surface area contributed by atoms with Gasteiger partial charge in [0.1, 0.15) is 5.75 Å². The van der Waals surface area contributed by atoms with Crippen LogP contribution in [0.1, 0.15) is 32.6 Å². The lowest BCUT2D eigenvalue weighted by Gasteiger charge is -2.35. The Morgan fingerprint density at radius 2 is 2.14 bits per heavy atom. The molecule has 5 nitrogen and oxygen atoms in total. The lowest BCUT2D eigenvalue weighted by molar-refractivity contribution is -0.0225. The van der Waals surface area contributed by atoms with Gasteiger partial charge in [-0.2, -0.15) is 0 Å². The van der Waals surface area contributed by atoms with Crippen LogP contribution >= 0.6 is 0 Å². The maximum absolute atomic E-state index is 12.6. The lowest BCUT2D eigenvalue weighted by Crippen LogP contribution is -2.41. The fourth-order valence-electron chi connectivity index (χ4n) is 3.15. The molecule has 2 aromatic rings. The highest BCUT2D eigenvalue weighted by atomic mass is 16.5. The monoisotopic (exact) mass is 302 g/mol. The minimum atomic E-state index is -0.793. The number of hydrogen-bond acceptors (Lipinski definition) is 4. The van der Waals surface area contributed by atoms with E-state index in [1.165, 1.54) is 10.9 Å². The molecule has 3 rings (SSSR count). The van der Waals surface area contributed by atoms with Crippen molar-refractivity contribution in [1.82, 2.24) is 9.55 Å². The third-order valence-corrected chi connectivity index (χ3v) is 4.70. The minimum Gasteiger partial charge on any atom is -0.497 e. The summed E-state index contributed by atoms with van der Waals surface area (Å²) in [6, 6.07) is 5.23. The van der Waals surface area contributed by atoms with E-state index in [4.69, 9.17) is 4.74 Å². The van der Waals surface area contributed by atoms with E-state index in [0.29, 0.717) is 29.1 Å². The van der Waals surface area contributed by atoms with Gasteiger partial charge in [0.15, 0.2) is 0 Å². The van der Waals surface area contributed by atoms with Crippen LogP contribution in [0.15, 0.2) is 29.3 Å². The van der Waals surface area contributed by atoms with Crippen LogP contribution in [0.3, 0.4) is 0 Å². The summed E-state index contributed by atoms with van der Waals surface area (Å²) in [5.41, 5.74) is -0.289. The maximum atomic E-state index is 12.6. The maximum Gasteiger partial charge on any atom is 0.261 e. The van der Waals surface area contributed by atoms with Crippen LogP contribution in [0.25, 0.3) is 10.9 Å². The highest BCUT2D eigenvalue weighted by molar-refractivity contribution is 5.78. The number of ether oxygens (including phenoxy) is 1. The van der Waals surface area contributed by atoms with Gasteiger partial charge in [-0.15, -0.1) is 0 Å². The van der Waals surface area contributed by atoms with Crippen LogP contribution in [-0.4, -0.2) is 27.4 Å². The second-order valence-corrected chi connectivity index (χ2v) is 6.47. The Morgan fingerprint density at radius 1 is 1.41 bits per heavy atom. The van der Waals surface area contributed by atoms with Crippen molar-refractivity contribution in [3.8, 4) is 5.75 Å². The number of aliphatic hydroxyl groups is 1. The Hall–Kier alpha value is -1.88. The van der Waals surface area contributed by atoms with Gasteiger partial charge in [0.25, 0.3) is 5.56 Å². The third-order valence-electron chi connectivity index (χ3n) is 4.70. The predicted molar refractivity (Wildman–Crippen MR) is 85.1 cm³/mol. The molecule has 0 amide bonds. The fourth-order valence-corrected chi connectivity index (χ4v) is 3.15. The van der Waals surface area contributed by atoms with Gasteiger partial charge in [-0.25, -0.2) is 4.98 Å². The molecule has 5 heteroatoms. The van der Waals surface area contributed by atoms with Crippen molar-refractivity contribution in [2.45, 2.75) is 44.8 Å². The zero-order valence-corrected chi connectivity index (χ0v) is 13.1. The number of aromatic nitrogens is 2. The Morgan fingerprint density at radius 3 is 2.82 bits per heavy atom. The summed E-state index contributed by atoms with van der Waals surface area (Å²) in [6.45, 7) is 2.52. The summed E-state index contributed by atoms with van der Waals surface area (Å²) in [4.78, 5) is 16.9. The lowest BCUT2D eigenvalue weighted by atomic mass is 9.79. The molecule has 1 fully saturated rings. The number of benzene rings is 1. The number of hydrogen-bond donors (Lipinski definition) is 1. The third kappa shape index (κ3) is 2.86. The molecule has 0 atom stereocenters. The Bertz CT molecular complexity index is 730. The topological polar surface area (TPSA) is 64.3 Å². The number of rotatable bonds is 3. The van der Waals surface area contributed by atoms with Crippen molar-refractivity contribution < 1.29 is 9.84 Å². The van der Waals surface area contributed by atoms with Crippen LogP contribution in [-0.2, 0) is 6.54 Å². The normalized spacial score (nSPS) is 25.3. The van der Waals surface area contributed by atoms with E-state index in [0.717, 1.165) is 25.7 Å². The first-order valence-corrected chi connectivity index (χ1v) is 7.76. The van der Waals surface area contributed by atoms with E-state index in [-0.39, 0.29) is 5.56 Å². The number of nitrogens with zero attached hydrogens (tertiary/aromatic N) is 2. The molecule has 1 saturated carbocycles. The first kappa shape index (κ1) is 15.0. The molecule has 0 aliphatic heterocycles. The highest BCUT2D eigenvalue weighted by Gasteiger charge is 2.32. The molecule has 1 aromatic heterocycles. The summed E-state index contributed by atoms with van der Waals surface area (Å²) < 4.78 is 6.68. The van der Waals surface area contributed by atoms with Gasteiger partial charge in [-0.05, 0) is 43.7 Å². The first-order chi connectivity index (χ1) is 10.5. The molecule has 0 saturated heterocycles. The van der Waals surface area contributed by atoms with Crippen molar-refractivity contribution >= 4 is 10.9 Å². The second kappa shape index (κ2) is 5.72. The van der Waals surface area contributed by atoms with Crippen molar-refractivity contribution in [1.29, 1.82) is 0 Å². The quantitative estimate of drug-likeness (QED) is 0.945. The average Bonchev–Trinajstić information content (AvgIpc) is 2.53. The van der Waals surface area contributed by atoms with Crippen LogP contribution in [0, 0.1) is 5.92 Å². The molecule has 0 unspecified atom stereocenters. The highest BCUT2D eigenvalue weighted by Crippen LogP contribution is 2.32. The minimum absolute atomic E-state index is 0.111. The zero-order valence-electron chi connectivity index (χ0n) is 13.1. The second-order valence-electron chi connectivity index (χ2n) is 6.47. The van der Waals surface area contributed by atoms with Crippen LogP contribution in [0.2, 0.25) is 0 Å². The van der Waals surface area contributed by atoms with E-state index in [9.17, 15) is 9.90 Å². The van der Waals surface area contributed by atoms with E-state index in [1.54, 1.807) is 25.3 Å². The Kier molecular flexibility index (Phi) is 3.91. The van der Waals surface area contributed by atoms with Gasteiger partial charge in [0.2, 0.25) is 0 Å². The van der Waals surface area contributed by atoms with E-state index in [2.05, 4.69) is 11.9 Å². The molecule has 1 N–H and O–H groups in total. The van der Waals surface area contributed by atoms with E-state index < -0.39 is 5.60 Å². The molecular formula is C17H22N2O3. The van der Waals surface area contributed by atoms with Crippen molar-refractivity contribution in [2.75, 3.05) is 7.11 Å². The first-order valence-electron chi connectivity index (χ1n) is 7.76. The van der Waals surface area contributed by atoms with Gasteiger partial charge in [-0.1, -0.05) is 6.92 Å². The van der Waals surface area contributed by atoms with Crippen molar-refractivity contribution in [3.05, 3.63) is 34.9 Å². The summed E-state index contributed by atoms with van der Waals surface area (Å²) in [5.74, 6) is 1.33. The summed E-state index contributed by atoms with van der Waals surface area (Å²) in [6.07, 6.45) is 5.01. The fraction of sp³-hybridized carbons (Fsp3) is 0.529. The molecule has 1 heterocycles. The molecule has 118 valence electrons. The largest absolute Gasteiger partial charge is 0.497 e. The van der Waals surface area contributed by atoms with Crippen LogP contribution < -0.4 is 10.3 Å². The van der Waals surface area contributed by atoms with Gasteiger partial charge in [-0.3, -0.25) is 9.36 Å². The van der Waals surface area contributed by atoms with Crippen LogP contribution in [0.5, 0.6) is 5.75 Å². The van der Waals surface area contributed by atoms with Gasteiger partial charge >= 0.3 is 0 Å².